The second-order valence-corrected chi connectivity index (χ2v) is 8.77. The molecule has 0 N–H and O–H groups in total. The van der Waals surface area contributed by atoms with Gasteiger partial charge < -0.3 is 18.8 Å². The molecule has 0 saturated carbocycles. The Balaban J connectivity index is 1.88. The van der Waals surface area contributed by atoms with Crippen LogP contribution in [-0.2, 0) is 26.0 Å². The van der Waals surface area contributed by atoms with Crippen LogP contribution in [0.15, 0.2) is 45.9 Å². The van der Waals surface area contributed by atoms with E-state index in [2.05, 4.69) is 0 Å². The van der Waals surface area contributed by atoms with Crippen LogP contribution in [0, 0.1) is 0 Å². The van der Waals surface area contributed by atoms with Crippen molar-refractivity contribution in [3.05, 3.63) is 52.9 Å². The van der Waals surface area contributed by atoms with Crippen LogP contribution < -0.4 is 0 Å². The number of furan rings is 1. The molecule has 1 fully saturated rings. The summed E-state index contributed by atoms with van der Waals surface area (Å²) in [4.78, 5) is 14.6. The van der Waals surface area contributed by atoms with Gasteiger partial charge >= 0.3 is 0 Å². The van der Waals surface area contributed by atoms with Gasteiger partial charge in [0, 0.05) is 32.3 Å². The Morgan fingerprint density at radius 3 is 2.69 bits per heavy atom. The topological polar surface area (TPSA) is 89.3 Å². The number of benzene rings is 1. The SMILES string of the molecule is COCCN(Cc1ccco1)C(=O)c1ccc(Cl)c(S(=O)(=O)N2CCOCC2)c1. The van der Waals surface area contributed by atoms with Crippen LogP contribution in [0.2, 0.25) is 5.02 Å². The highest BCUT2D eigenvalue weighted by Gasteiger charge is 2.29. The van der Waals surface area contributed by atoms with Crippen LogP contribution in [0.3, 0.4) is 0 Å². The van der Waals surface area contributed by atoms with E-state index >= 15 is 0 Å². The smallest absolute Gasteiger partial charge is 0.254 e. The van der Waals surface area contributed by atoms with Gasteiger partial charge in [-0.15, -0.1) is 0 Å². The second-order valence-electron chi connectivity index (χ2n) is 6.46. The Hall–Kier alpha value is -1.91. The van der Waals surface area contributed by atoms with Gasteiger partial charge in [-0.2, -0.15) is 4.31 Å². The predicted molar refractivity (Wildman–Crippen MR) is 106 cm³/mol. The largest absolute Gasteiger partial charge is 0.467 e. The van der Waals surface area contributed by atoms with Gasteiger partial charge in [0.05, 0.1) is 37.7 Å². The van der Waals surface area contributed by atoms with Crippen LogP contribution in [0.5, 0.6) is 0 Å². The number of morpholine rings is 1. The number of nitrogens with zero attached hydrogens (tertiary/aromatic N) is 2. The maximum atomic E-state index is 13.1. The van der Waals surface area contributed by atoms with E-state index in [4.69, 9.17) is 25.5 Å². The molecule has 2 heterocycles. The number of hydrogen-bond donors (Lipinski definition) is 0. The summed E-state index contributed by atoms with van der Waals surface area (Å²) in [6.45, 7) is 2.03. The quantitative estimate of drug-likeness (QED) is 0.623. The average Bonchev–Trinajstić information content (AvgIpc) is 3.24. The fourth-order valence-electron chi connectivity index (χ4n) is 2.99. The minimum absolute atomic E-state index is 0.0718. The van der Waals surface area contributed by atoms with Crippen molar-refractivity contribution in [1.29, 1.82) is 0 Å². The van der Waals surface area contributed by atoms with Crippen molar-refractivity contribution in [2.75, 3.05) is 46.6 Å². The fraction of sp³-hybridized carbons (Fsp3) is 0.421. The number of methoxy groups -OCH3 is 1. The zero-order valence-corrected chi connectivity index (χ0v) is 17.6. The molecule has 10 heteroatoms. The maximum Gasteiger partial charge on any atom is 0.254 e. The third kappa shape index (κ3) is 5.18. The Bertz CT molecular complexity index is 926. The molecule has 1 aliphatic heterocycles. The lowest BCUT2D eigenvalue weighted by atomic mass is 10.2. The summed E-state index contributed by atoms with van der Waals surface area (Å²) in [5, 5.41) is 0.0718. The molecule has 1 aromatic heterocycles. The van der Waals surface area contributed by atoms with Crippen LogP contribution in [0.25, 0.3) is 0 Å². The molecule has 0 aliphatic carbocycles. The number of sulfonamides is 1. The zero-order valence-electron chi connectivity index (χ0n) is 16.0. The third-order valence-corrected chi connectivity index (χ3v) is 6.93. The minimum atomic E-state index is -3.83. The lowest BCUT2D eigenvalue weighted by Gasteiger charge is -2.27. The van der Waals surface area contributed by atoms with Crippen molar-refractivity contribution in [2.45, 2.75) is 11.4 Å². The number of carbonyl (C=O) groups is 1. The number of rotatable bonds is 8. The predicted octanol–water partition coefficient (Wildman–Crippen LogP) is 2.24. The summed E-state index contributed by atoms with van der Waals surface area (Å²) in [7, 11) is -2.29. The van der Waals surface area contributed by atoms with E-state index in [0.29, 0.717) is 32.1 Å². The van der Waals surface area contributed by atoms with Gasteiger partial charge in [-0.05, 0) is 30.3 Å². The van der Waals surface area contributed by atoms with Gasteiger partial charge in [-0.1, -0.05) is 11.6 Å². The van der Waals surface area contributed by atoms with Crippen molar-refractivity contribution in [2.24, 2.45) is 0 Å². The molecule has 0 atom stereocenters. The number of carbonyl (C=O) groups excluding carboxylic acids is 1. The molecule has 3 rings (SSSR count). The van der Waals surface area contributed by atoms with E-state index in [0.717, 1.165) is 0 Å². The summed E-state index contributed by atoms with van der Waals surface area (Å²) in [6.07, 6.45) is 1.53. The van der Waals surface area contributed by atoms with Crippen molar-refractivity contribution >= 4 is 27.5 Å². The first-order valence-electron chi connectivity index (χ1n) is 9.11. The Morgan fingerprint density at radius 1 is 1.28 bits per heavy atom. The lowest BCUT2D eigenvalue weighted by molar-refractivity contribution is 0.0666. The van der Waals surface area contributed by atoms with E-state index in [9.17, 15) is 13.2 Å². The number of hydrogen-bond acceptors (Lipinski definition) is 6. The molecule has 2 aromatic rings. The molecule has 0 spiro atoms. The first kappa shape index (κ1) is 21.8. The molecule has 158 valence electrons. The van der Waals surface area contributed by atoms with Gasteiger partial charge in [0.2, 0.25) is 10.0 Å². The first-order valence-corrected chi connectivity index (χ1v) is 10.9. The minimum Gasteiger partial charge on any atom is -0.467 e. The van der Waals surface area contributed by atoms with Crippen molar-refractivity contribution in [3.63, 3.8) is 0 Å². The molecule has 29 heavy (non-hydrogen) atoms. The molecule has 0 unspecified atom stereocenters. The van der Waals surface area contributed by atoms with Crippen LogP contribution in [0.1, 0.15) is 16.1 Å². The van der Waals surface area contributed by atoms with Crippen LogP contribution in [0.4, 0.5) is 0 Å². The Kier molecular flexibility index (Phi) is 7.31. The van der Waals surface area contributed by atoms with E-state index in [1.165, 1.54) is 33.7 Å². The average molecular weight is 443 g/mol. The van der Waals surface area contributed by atoms with Crippen LogP contribution >= 0.6 is 11.6 Å². The Labute approximate surface area is 175 Å². The van der Waals surface area contributed by atoms with E-state index in [-0.39, 0.29) is 41.0 Å². The van der Waals surface area contributed by atoms with Gasteiger partial charge in [-0.25, -0.2) is 8.42 Å². The fourth-order valence-corrected chi connectivity index (χ4v) is 4.90. The van der Waals surface area contributed by atoms with Crippen LogP contribution in [-0.4, -0.2) is 70.1 Å². The molecular weight excluding hydrogens is 420 g/mol. The molecule has 0 bridgehead atoms. The zero-order chi connectivity index (χ0) is 20.9. The van der Waals surface area contributed by atoms with Crippen molar-refractivity contribution in [3.8, 4) is 0 Å². The molecule has 1 aromatic carbocycles. The highest BCUT2D eigenvalue weighted by molar-refractivity contribution is 7.89. The highest BCUT2D eigenvalue weighted by Crippen LogP contribution is 2.27. The molecule has 0 radical (unpaired) electrons. The summed E-state index contributed by atoms with van der Waals surface area (Å²) in [5.74, 6) is 0.276. The second kappa shape index (κ2) is 9.73. The first-order chi connectivity index (χ1) is 13.9. The lowest BCUT2D eigenvalue weighted by Crippen LogP contribution is -2.40. The van der Waals surface area contributed by atoms with E-state index in [1.807, 2.05) is 0 Å². The number of ether oxygens (including phenoxy) is 2. The Morgan fingerprint density at radius 2 is 2.03 bits per heavy atom. The van der Waals surface area contributed by atoms with E-state index in [1.54, 1.807) is 19.2 Å². The summed E-state index contributed by atoms with van der Waals surface area (Å²) in [6, 6.07) is 7.79. The monoisotopic (exact) mass is 442 g/mol. The van der Waals surface area contributed by atoms with Gasteiger partial charge in [0.1, 0.15) is 10.7 Å². The van der Waals surface area contributed by atoms with Gasteiger partial charge in [0.25, 0.3) is 5.91 Å². The molecule has 1 amide bonds. The number of amides is 1. The maximum absolute atomic E-state index is 13.1. The summed E-state index contributed by atoms with van der Waals surface area (Å²) >= 11 is 6.19. The van der Waals surface area contributed by atoms with Crippen molar-refractivity contribution in [1.82, 2.24) is 9.21 Å². The van der Waals surface area contributed by atoms with Gasteiger partial charge in [-0.3, -0.25) is 4.79 Å². The normalized spacial score (nSPS) is 15.4. The summed E-state index contributed by atoms with van der Waals surface area (Å²) < 4.78 is 43.0. The molecule has 1 aliphatic rings. The molecular formula is C19H23ClN2O6S. The highest BCUT2D eigenvalue weighted by atomic mass is 35.5. The molecule has 8 nitrogen and oxygen atoms in total. The standard InChI is InChI=1S/C19H23ClN2O6S/c1-26-10-6-21(14-16-3-2-9-28-16)19(23)15-4-5-17(20)18(13-15)29(24,25)22-7-11-27-12-8-22/h2-5,9,13H,6-8,10-12,14H2,1H3. The van der Waals surface area contributed by atoms with Gasteiger partial charge in [0.15, 0.2) is 0 Å². The third-order valence-electron chi connectivity index (χ3n) is 4.55. The van der Waals surface area contributed by atoms with E-state index < -0.39 is 10.0 Å². The molecule has 1 saturated heterocycles. The number of halogens is 1. The summed E-state index contributed by atoms with van der Waals surface area (Å²) in [5.41, 5.74) is 0.226. The van der Waals surface area contributed by atoms with Crippen molar-refractivity contribution < 1.29 is 27.1 Å².